The molecule has 4 aromatic rings. The lowest BCUT2D eigenvalue weighted by atomic mass is 10.0. The Hall–Kier alpha value is -3.00. The SMILES string of the molecule is CC(c1nc(N)c2[nH]cnc2n1)c1nc2ccccc2n1C1CCNCC1. The molecule has 8 nitrogen and oxygen atoms in total. The van der Waals surface area contributed by atoms with Crippen LogP contribution in [-0.4, -0.2) is 42.6 Å². The molecule has 0 spiro atoms. The van der Waals surface area contributed by atoms with E-state index in [1.165, 1.54) is 5.52 Å². The smallest absolute Gasteiger partial charge is 0.183 e. The van der Waals surface area contributed by atoms with Crippen molar-refractivity contribution in [1.29, 1.82) is 0 Å². The van der Waals surface area contributed by atoms with Crippen molar-refractivity contribution in [3.8, 4) is 0 Å². The Balaban J connectivity index is 1.66. The number of fused-ring (bicyclic) bond motifs is 2. The van der Waals surface area contributed by atoms with E-state index in [0.717, 1.165) is 37.3 Å². The van der Waals surface area contributed by atoms with E-state index in [-0.39, 0.29) is 5.92 Å². The summed E-state index contributed by atoms with van der Waals surface area (Å²) < 4.78 is 2.38. The maximum absolute atomic E-state index is 6.12. The molecule has 1 atom stereocenters. The fraction of sp³-hybridized carbons (Fsp3) is 0.368. The molecule has 0 bridgehead atoms. The zero-order chi connectivity index (χ0) is 18.4. The highest BCUT2D eigenvalue weighted by Crippen LogP contribution is 2.32. The largest absolute Gasteiger partial charge is 0.382 e. The molecule has 1 aromatic carbocycles. The maximum atomic E-state index is 6.12. The lowest BCUT2D eigenvalue weighted by molar-refractivity contribution is 0.364. The molecule has 1 fully saturated rings. The number of hydrogen-bond donors (Lipinski definition) is 3. The van der Waals surface area contributed by atoms with Gasteiger partial charge in [0, 0.05) is 6.04 Å². The van der Waals surface area contributed by atoms with Gasteiger partial charge in [-0.1, -0.05) is 12.1 Å². The molecule has 0 aliphatic carbocycles. The Morgan fingerprint density at radius 1 is 1.15 bits per heavy atom. The van der Waals surface area contributed by atoms with Crippen molar-refractivity contribution in [2.45, 2.75) is 31.7 Å². The Labute approximate surface area is 156 Å². The van der Waals surface area contributed by atoms with Gasteiger partial charge in [0.05, 0.1) is 23.3 Å². The summed E-state index contributed by atoms with van der Waals surface area (Å²) in [5.74, 6) is 1.97. The van der Waals surface area contributed by atoms with E-state index in [9.17, 15) is 0 Å². The Kier molecular flexibility index (Phi) is 3.78. The first kappa shape index (κ1) is 16.2. The van der Waals surface area contributed by atoms with E-state index in [4.69, 9.17) is 10.7 Å². The fourth-order valence-corrected chi connectivity index (χ4v) is 4.00. The second-order valence-corrected chi connectivity index (χ2v) is 7.10. The third-order valence-electron chi connectivity index (χ3n) is 5.40. The van der Waals surface area contributed by atoms with Gasteiger partial charge in [0.1, 0.15) is 17.2 Å². The number of H-pyrrole nitrogens is 1. The average molecular weight is 362 g/mol. The van der Waals surface area contributed by atoms with E-state index >= 15 is 0 Å². The van der Waals surface area contributed by atoms with Gasteiger partial charge in [0.2, 0.25) is 0 Å². The number of hydrogen-bond acceptors (Lipinski definition) is 6. The number of rotatable bonds is 3. The molecule has 0 radical (unpaired) electrons. The van der Waals surface area contributed by atoms with Crippen molar-refractivity contribution < 1.29 is 0 Å². The molecule has 4 heterocycles. The number of nitrogen functional groups attached to an aromatic ring is 1. The quantitative estimate of drug-likeness (QED) is 0.516. The molecule has 4 N–H and O–H groups in total. The Bertz CT molecular complexity index is 1110. The Morgan fingerprint density at radius 2 is 1.96 bits per heavy atom. The summed E-state index contributed by atoms with van der Waals surface area (Å²) in [7, 11) is 0. The number of nitrogens with two attached hydrogens (primary N) is 1. The van der Waals surface area contributed by atoms with E-state index in [1.54, 1.807) is 6.33 Å². The molecule has 5 rings (SSSR count). The molecule has 3 aromatic heterocycles. The highest BCUT2D eigenvalue weighted by molar-refractivity contribution is 5.81. The van der Waals surface area contributed by atoms with E-state index in [2.05, 4.69) is 54.9 Å². The minimum Gasteiger partial charge on any atom is -0.382 e. The van der Waals surface area contributed by atoms with Crippen LogP contribution < -0.4 is 11.1 Å². The third kappa shape index (κ3) is 2.64. The van der Waals surface area contributed by atoms with E-state index < -0.39 is 0 Å². The number of nitrogens with zero attached hydrogens (tertiary/aromatic N) is 5. The average Bonchev–Trinajstić information content (AvgIpc) is 3.33. The van der Waals surface area contributed by atoms with Crippen LogP contribution in [0.25, 0.3) is 22.2 Å². The van der Waals surface area contributed by atoms with Crippen LogP contribution in [0, 0.1) is 0 Å². The van der Waals surface area contributed by atoms with Crippen molar-refractivity contribution in [3.05, 3.63) is 42.2 Å². The summed E-state index contributed by atoms with van der Waals surface area (Å²) in [4.78, 5) is 21.4. The standard InChI is InChI=1S/C19H22N8/c1-11(17-25-16(20)15-18(26-17)23-10-22-15)19-24-13-4-2-3-5-14(13)27(19)12-6-8-21-9-7-12/h2-5,10-12,21H,6-9H2,1H3,(H3,20,22,23,25,26). The molecule has 8 heteroatoms. The number of aromatic amines is 1. The number of anilines is 1. The minimum atomic E-state index is -0.0873. The molecule has 0 saturated carbocycles. The molecule has 1 aliphatic heterocycles. The second-order valence-electron chi connectivity index (χ2n) is 7.10. The van der Waals surface area contributed by atoms with Gasteiger partial charge in [-0.05, 0) is 45.0 Å². The van der Waals surface area contributed by atoms with Gasteiger partial charge < -0.3 is 20.6 Å². The van der Waals surface area contributed by atoms with E-state index in [0.29, 0.717) is 28.8 Å². The molecule has 1 saturated heterocycles. The highest BCUT2D eigenvalue weighted by Gasteiger charge is 2.26. The number of para-hydroxylation sites is 2. The first-order valence-corrected chi connectivity index (χ1v) is 9.36. The topological polar surface area (TPSA) is 110 Å². The van der Waals surface area contributed by atoms with Gasteiger partial charge in [-0.3, -0.25) is 0 Å². The number of aromatic nitrogens is 6. The number of piperidine rings is 1. The van der Waals surface area contributed by atoms with Crippen LogP contribution in [0.2, 0.25) is 0 Å². The third-order valence-corrected chi connectivity index (χ3v) is 5.40. The predicted molar refractivity (Wildman–Crippen MR) is 104 cm³/mol. The van der Waals surface area contributed by atoms with Crippen LogP contribution in [0.5, 0.6) is 0 Å². The lowest BCUT2D eigenvalue weighted by Crippen LogP contribution is -2.30. The number of imidazole rings is 2. The summed E-state index contributed by atoms with van der Waals surface area (Å²) >= 11 is 0. The van der Waals surface area contributed by atoms with Crippen molar-refractivity contribution in [2.75, 3.05) is 18.8 Å². The van der Waals surface area contributed by atoms with Crippen LogP contribution in [0.1, 0.15) is 43.4 Å². The zero-order valence-electron chi connectivity index (χ0n) is 15.2. The normalized spacial score (nSPS) is 16.9. The van der Waals surface area contributed by atoms with Crippen molar-refractivity contribution in [2.24, 2.45) is 0 Å². The van der Waals surface area contributed by atoms with Gasteiger partial charge in [-0.25, -0.2) is 19.9 Å². The fourth-order valence-electron chi connectivity index (χ4n) is 4.00. The van der Waals surface area contributed by atoms with Crippen molar-refractivity contribution in [1.82, 2.24) is 34.8 Å². The van der Waals surface area contributed by atoms with Crippen LogP contribution >= 0.6 is 0 Å². The van der Waals surface area contributed by atoms with Crippen LogP contribution in [0.15, 0.2) is 30.6 Å². The second kappa shape index (κ2) is 6.31. The molecular formula is C19H22N8. The Morgan fingerprint density at radius 3 is 2.81 bits per heavy atom. The summed E-state index contributed by atoms with van der Waals surface area (Å²) in [5.41, 5.74) is 9.56. The van der Waals surface area contributed by atoms with Crippen LogP contribution in [-0.2, 0) is 0 Å². The van der Waals surface area contributed by atoms with E-state index in [1.807, 2.05) is 6.07 Å². The molecule has 1 aliphatic rings. The molecule has 138 valence electrons. The molecule has 1 unspecified atom stereocenters. The first-order valence-electron chi connectivity index (χ1n) is 9.36. The maximum Gasteiger partial charge on any atom is 0.183 e. The lowest BCUT2D eigenvalue weighted by Gasteiger charge is -2.27. The van der Waals surface area contributed by atoms with Gasteiger partial charge in [0.15, 0.2) is 11.5 Å². The zero-order valence-corrected chi connectivity index (χ0v) is 15.2. The van der Waals surface area contributed by atoms with Gasteiger partial charge in [-0.15, -0.1) is 0 Å². The van der Waals surface area contributed by atoms with Crippen molar-refractivity contribution in [3.63, 3.8) is 0 Å². The van der Waals surface area contributed by atoms with Gasteiger partial charge in [-0.2, -0.15) is 0 Å². The number of benzene rings is 1. The highest BCUT2D eigenvalue weighted by atomic mass is 15.1. The van der Waals surface area contributed by atoms with Crippen LogP contribution in [0.4, 0.5) is 5.82 Å². The van der Waals surface area contributed by atoms with Gasteiger partial charge >= 0.3 is 0 Å². The summed E-state index contributed by atoms with van der Waals surface area (Å²) in [6.07, 6.45) is 3.76. The minimum absolute atomic E-state index is 0.0873. The monoisotopic (exact) mass is 362 g/mol. The molecular weight excluding hydrogens is 340 g/mol. The molecule has 27 heavy (non-hydrogen) atoms. The van der Waals surface area contributed by atoms with Gasteiger partial charge in [0.25, 0.3) is 0 Å². The van der Waals surface area contributed by atoms with Crippen LogP contribution in [0.3, 0.4) is 0 Å². The summed E-state index contributed by atoms with van der Waals surface area (Å²) in [6, 6.07) is 8.73. The number of nitrogens with one attached hydrogen (secondary N) is 2. The first-order chi connectivity index (χ1) is 13.2. The summed E-state index contributed by atoms with van der Waals surface area (Å²) in [6.45, 7) is 4.13. The van der Waals surface area contributed by atoms with Crippen molar-refractivity contribution >= 4 is 28.0 Å². The molecule has 0 amide bonds. The summed E-state index contributed by atoms with van der Waals surface area (Å²) in [5, 5.41) is 3.44. The predicted octanol–water partition coefficient (Wildman–Crippen LogP) is 2.36.